The number of hydrogen-bond donors (Lipinski definition) is 0. The quantitative estimate of drug-likeness (QED) is 0.0998. The van der Waals surface area contributed by atoms with Gasteiger partial charge in [0.15, 0.2) is 0 Å². The summed E-state index contributed by atoms with van der Waals surface area (Å²) in [5.74, 6) is 0. The van der Waals surface area contributed by atoms with Crippen molar-refractivity contribution in [3.63, 3.8) is 0 Å². The van der Waals surface area contributed by atoms with Crippen LogP contribution in [0.1, 0.15) is 110 Å². The Labute approximate surface area is 450 Å². The molecule has 0 amide bonds. The van der Waals surface area contributed by atoms with Gasteiger partial charge in [-0.05, 0) is 109 Å². The van der Waals surface area contributed by atoms with Gasteiger partial charge in [0.2, 0.25) is 0 Å². The first-order chi connectivity index (χ1) is 33.3. The van der Waals surface area contributed by atoms with Gasteiger partial charge in [0.1, 0.15) is 12.7 Å². The summed E-state index contributed by atoms with van der Waals surface area (Å²) in [7, 11) is 0. The second-order valence-electron chi connectivity index (χ2n) is 21.4. The predicted octanol–water partition coefficient (Wildman–Crippen LogP) is 19.1. The van der Waals surface area contributed by atoms with Gasteiger partial charge in [0, 0.05) is 49.5 Å². The van der Waals surface area contributed by atoms with Crippen molar-refractivity contribution in [2.75, 3.05) is 13.2 Å². The molecule has 0 atom stereocenters. The molecule has 382 valence electrons. The molecule has 1 fully saturated rings. The predicted molar refractivity (Wildman–Crippen MR) is 290 cm³/mol. The van der Waals surface area contributed by atoms with Gasteiger partial charge >= 0.3 is 42.3 Å². The van der Waals surface area contributed by atoms with Crippen molar-refractivity contribution >= 4 is 88.5 Å². The zero-order chi connectivity index (χ0) is 53.8. The van der Waals surface area contributed by atoms with Gasteiger partial charge in [-0.1, -0.05) is 122 Å². The fourth-order valence-electron chi connectivity index (χ4n) is 7.52. The Balaban J connectivity index is 0.000000211. The van der Waals surface area contributed by atoms with Gasteiger partial charge in [0.05, 0.1) is 37.2 Å². The average molecular weight is 1170 g/mol. The number of nitrogens with zero attached hydrogens (tertiary/aromatic N) is 4. The summed E-state index contributed by atoms with van der Waals surface area (Å²) in [6.45, 7) is 27.0. The Bertz CT molecular complexity index is 3110. The van der Waals surface area contributed by atoms with E-state index in [1.54, 1.807) is 41.4 Å². The van der Waals surface area contributed by atoms with Gasteiger partial charge in [-0.2, -0.15) is 26.3 Å². The van der Waals surface area contributed by atoms with E-state index >= 15 is 0 Å². The van der Waals surface area contributed by atoms with E-state index in [-0.39, 0.29) is 17.3 Å². The normalized spacial score (nSPS) is 13.5. The number of thiophene rings is 2. The molecule has 0 radical (unpaired) electrons. The molecule has 0 aliphatic carbocycles. The number of hydrogen-bond acceptors (Lipinski definition) is 7. The number of benzene rings is 4. The van der Waals surface area contributed by atoms with Crippen molar-refractivity contribution in [2.24, 2.45) is 10.8 Å². The number of aryl methyl sites for hydroxylation is 2. The van der Waals surface area contributed by atoms with E-state index in [1.807, 2.05) is 30.3 Å². The molecular formula is C56H62BrClF6N4OS2Zn. The Morgan fingerprint density at radius 2 is 1.01 bits per heavy atom. The van der Waals surface area contributed by atoms with Crippen LogP contribution in [-0.4, -0.2) is 45.5 Å². The number of aromatic nitrogens is 4. The van der Waals surface area contributed by atoms with Crippen molar-refractivity contribution in [3.8, 4) is 22.5 Å². The van der Waals surface area contributed by atoms with Crippen molar-refractivity contribution < 1.29 is 47.4 Å². The van der Waals surface area contributed by atoms with Crippen LogP contribution in [0.3, 0.4) is 0 Å². The van der Waals surface area contributed by atoms with Crippen LogP contribution < -0.4 is 0 Å². The molecule has 0 bridgehead atoms. The first-order valence-electron chi connectivity index (χ1n) is 23.4. The van der Waals surface area contributed by atoms with Gasteiger partial charge in [-0.15, -0.1) is 22.7 Å². The summed E-state index contributed by atoms with van der Waals surface area (Å²) < 4.78 is 83.7. The summed E-state index contributed by atoms with van der Waals surface area (Å²) in [5, 5.41) is 2.84. The SMILES string of the molecule is C1CCOC1.Cc1cc(-c2ncnc3c2sc2cc(CC(C)(C)C(F)(F)F)ccc23)cc(C(C)(C)C)c1.Cc1cc(-c2ncnc3c2sc2cc(Cl)ccc23)cc(C(C)(C)C)c1.[CH2-]C(C)(C)C(F)(F)F.[Zn+][Br]. The number of halogens is 8. The van der Waals surface area contributed by atoms with Gasteiger partial charge in [-0.25, -0.2) is 19.9 Å². The third kappa shape index (κ3) is 14.8. The van der Waals surface area contributed by atoms with E-state index in [0.717, 1.165) is 101 Å². The van der Waals surface area contributed by atoms with Crippen molar-refractivity contribution in [1.29, 1.82) is 0 Å². The topological polar surface area (TPSA) is 60.8 Å². The summed E-state index contributed by atoms with van der Waals surface area (Å²) >= 11 is 13.7. The molecule has 0 saturated carbocycles. The van der Waals surface area contributed by atoms with E-state index < -0.39 is 23.2 Å². The van der Waals surface area contributed by atoms with Crippen LogP contribution in [0.2, 0.25) is 5.02 Å². The van der Waals surface area contributed by atoms with E-state index in [4.69, 9.17) is 16.3 Å². The molecule has 1 saturated heterocycles. The molecule has 0 unspecified atom stereocenters. The molecule has 16 heteroatoms. The van der Waals surface area contributed by atoms with E-state index in [9.17, 15) is 26.3 Å². The Kier molecular flexibility index (Phi) is 19.4. The van der Waals surface area contributed by atoms with Crippen LogP contribution in [0.5, 0.6) is 0 Å². The Morgan fingerprint density at radius 3 is 1.39 bits per heavy atom. The molecule has 1 aliphatic rings. The van der Waals surface area contributed by atoms with Crippen molar-refractivity contribution in [1.82, 2.24) is 19.9 Å². The Morgan fingerprint density at radius 1 is 0.597 bits per heavy atom. The number of rotatable bonds is 4. The van der Waals surface area contributed by atoms with Gasteiger partial charge in [0.25, 0.3) is 0 Å². The fourth-order valence-corrected chi connectivity index (χ4v) is 10.2. The molecule has 72 heavy (non-hydrogen) atoms. The van der Waals surface area contributed by atoms with Crippen LogP contribution in [0.15, 0.2) is 85.5 Å². The molecular weight excluding hydrogens is 1100 g/mol. The van der Waals surface area contributed by atoms with Gasteiger partial charge < -0.3 is 11.7 Å². The minimum atomic E-state index is -4.25. The number of fused-ring (bicyclic) bond motifs is 6. The maximum absolute atomic E-state index is 13.4. The molecule has 0 N–H and O–H groups in total. The van der Waals surface area contributed by atoms with Crippen molar-refractivity contribution in [3.05, 3.63) is 125 Å². The zero-order valence-electron chi connectivity index (χ0n) is 43.1. The third-order valence-corrected chi connectivity index (χ3v) is 14.5. The molecule has 0 spiro atoms. The standard InChI is InChI=1S/C26H27F3N2S.C21H19ClN2S.C5H8F3.C4H8O.BrH.Zn/c1-15-9-17(12-18(10-15)24(2,3)4)21-23-22(31-14-30-21)19-8-7-16(11-20(19)32-23)13-25(5,6)26(27,28)29;1-12-7-13(9-14(8-12)21(2,3)4)18-20-19(24-11-23-18)16-6-5-15(22)10-17(16)25-20;1-4(2,3)5(6,7)8;1-2-4-5-3-1;;/h7-12,14H,13H2,1-6H3;5-11H,1-4H3;1H2,2-3H3;1-4H2;1H;/q;;-1;;;+2/p-1. The summed E-state index contributed by atoms with van der Waals surface area (Å²) in [6, 6.07) is 24.7. The number of ether oxygens (including phenoxy) is 1. The summed E-state index contributed by atoms with van der Waals surface area (Å²) in [5.41, 5.74) is 8.03. The van der Waals surface area contributed by atoms with E-state index in [2.05, 4.69) is 132 Å². The average Bonchev–Trinajstić information content (AvgIpc) is 4.05. The van der Waals surface area contributed by atoms with Crippen LogP contribution in [0.4, 0.5) is 26.3 Å². The second kappa shape index (κ2) is 23.5. The second-order valence-corrected chi connectivity index (χ2v) is 24.0. The molecule has 5 heterocycles. The molecule has 4 aromatic heterocycles. The molecule has 5 nitrogen and oxygen atoms in total. The molecule has 1 aliphatic heterocycles. The van der Waals surface area contributed by atoms with Crippen LogP contribution in [0, 0.1) is 31.6 Å². The summed E-state index contributed by atoms with van der Waals surface area (Å²) in [6.07, 6.45) is -2.70. The monoisotopic (exact) mass is 1160 g/mol. The van der Waals surface area contributed by atoms with Crippen LogP contribution in [-0.2, 0) is 38.3 Å². The molecule has 9 rings (SSSR count). The zero-order valence-corrected chi connectivity index (χ0v) is 50.0. The van der Waals surface area contributed by atoms with E-state index in [1.165, 1.54) is 59.7 Å². The minimum absolute atomic E-state index is 0.00721. The van der Waals surface area contributed by atoms with Crippen molar-refractivity contribution in [2.45, 2.75) is 126 Å². The number of alkyl halides is 6. The van der Waals surface area contributed by atoms with Crippen LogP contribution >= 0.6 is 47.9 Å². The fraction of sp³-hybridized carbons (Fsp3) is 0.411. The first-order valence-corrected chi connectivity index (χ1v) is 32.4. The summed E-state index contributed by atoms with van der Waals surface area (Å²) in [4.78, 5) is 18.3. The maximum atomic E-state index is 13.4. The van der Waals surface area contributed by atoms with E-state index in [0.29, 0.717) is 5.56 Å². The molecule has 4 aromatic carbocycles. The first kappa shape index (κ1) is 59.3. The third-order valence-electron chi connectivity index (χ3n) is 12.0. The molecule has 8 aromatic rings. The van der Waals surface area contributed by atoms with Gasteiger partial charge in [-0.3, -0.25) is 0 Å². The Hall–Kier alpha value is -3.59. The van der Waals surface area contributed by atoms with Crippen LogP contribution in [0.25, 0.3) is 63.1 Å².